The smallest absolute Gasteiger partial charge is 0.229 e. The highest BCUT2D eigenvalue weighted by atomic mass is 35.5. The summed E-state index contributed by atoms with van der Waals surface area (Å²) in [4.78, 5) is 8.88. The number of anilines is 4. The Bertz CT molecular complexity index is 1210. The zero-order valence-electron chi connectivity index (χ0n) is 17.7. The van der Waals surface area contributed by atoms with Crippen molar-refractivity contribution in [1.82, 2.24) is 14.7 Å². The van der Waals surface area contributed by atoms with Crippen molar-refractivity contribution in [1.29, 1.82) is 0 Å². The molecule has 1 aromatic heterocycles. The molecule has 168 valence electrons. The topological polar surface area (TPSA) is 105 Å². The van der Waals surface area contributed by atoms with Gasteiger partial charge in [-0.2, -0.15) is 4.98 Å². The molecule has 0 atom stereocenters. The summed E-state index contributed by atoms with van der Waals surface area (Å²) in [6, 6.07) is 12.9. The van der Waals surface area contributed by atoms with Gasteiger partial charge in [0.25, 0.3) is 0 Å². The van der Waals surface area contributed by atoms with E-state index in [2.05, 4.69) is 25.3 Å². The van der Waals surface area contributed by atoms with Crippen molar-refractivity contribution in [3.63, 3.8) is 0 Å². The Morgan fingerprint density at radius 3 is 2.47 bits per heavy atom. The Balaban J connectivity index is 1.42. The lowest BCUT2D eigenvalue weighted by Crippen LogP contribution is -2.26. The molecule has 8 nitrogen and oxygen atoms in total. The molecule has 0 aliphatic heterocycles. The number of rotatable bonds is 9. The van der Waals surface area contributed by atoms with E-state index in [1.165, 1.54) is 0 Å². The lowest BCUT2D eigenvalue weighted by Gasteiger charge is -2.12. The molecular weight excluding hydrogens is 450 g/mol. The molecule has 0 unspecified atom stereocenters. The highest BCUT2D eigenvalue weighted by Crippen LogP contribution is 2.29. The Morgan fingerprint density at radius 2 is 1.81 bits per heavy atom. The number of aromatic nitrogens is 2. The van der Waals surface area contributed by atoms with Gasteiger partial charge < -0.3 is 15.4 Å². The number of nitrogens with zero attached hydrogens (tertiary/aromatic N) is 2. The minimum Gasteiger partial charge on any atom is -0.495 e. The second kappa shape index (κ2) is 9.32. The van der Waals surface area contributed by atoms with Gasteiger partial charge in [0.05, 0.1) is 17.4 Å². The molecule has 2 aromatic carbocycles. The van der Waals surface area contributed by atoms with Crippen molar-refractivity contribution in [2.24, 2.45) is 0 Å². The summed E-state index contributed by atoms with van der Waals surface area (Å²) in [6.45, 7) is 2.20. The van der Waals surface area contributed by atoms with E-state index in [9.17, 15) is 8.42 Å². The lowest BCUT2D eigenvalue weighted by atomic mass is 10.2. The SMILES string of the molecule is COc1ccc(Nc2ncc(C)c(Nc3ccc(CNS(=O)(=O)C4CC4)cc3)n2)cc1Cl. The van der Waals surface area contributed by atoms with E-state index >= 15 is 0 Å². The third kappa shape index (κ3) is 5.48. The normalized spacial score (nSPS) is 13.6. The van der Waals surface area contributed by atoms with Gasteiger partial charge in [-0.1, -0.05) is 23.7 Å². The Hall–Kier alpha value is -2.88. The molecule has 0 spiro atoms. The van der Waals surface area contributed by atoms with E-state index in [-0.39, 0.29) is 11.8 Å². The molecule has 4 rings (SSSR count). The average Bonchev–Trinajstić information content (AvgIpc) is 3.62. The fourth-order valence-corrected chi connectivity index (χ4v) is 4.64. The van der Waals surface area contributed by atoms with Crippen molar-refractivity contribution in [2.75, 3.05) is 17.7 Å². The summed E-state index contributed by atoms with van der Waals surface area (Å²) in [5.41, 5.74) is 3.34. The van der Waals surface area contributed by atoms with Gasteiger partial charge in [0.1, 0.15) is 11.6 Å². The molecule has 1 aliphatic rings. The van der Waals surface area contributed by atoms with E-state index in [1.54, 1.807) is 25.4 Å². The van der Waals surface area contributed by atoms with Crippen molar-refractivity contribution in [2.45, 2.75) is 31.6 Å². The maximum atomic E-state index is 12.0. The molecule has 3 aromatic rings. The first-order chi connectivity index (χ1) is 15.3. The molecule has 0 radical (unpaired) electrons. The van der Waals surface area contributed by atoms with Crippen molar-refractivity contribution < 1.29 is 13.2 Å². The Kier molecular flexibility index (Phi) is 6.50. The first kappa shape index (κ1) is 22.3. The standard InChI is InChI=1S/C22H24ClN5O3S/c1-14-12-24-22(27-17-7-10-20(31-2)19(23)11-17)28-21(14)26-16-5-3-15(4-6-16)13-25-32(29,30)18-8-9-18/h3-7,10-12,18,25H,8-9,13H2,1-2H3,(H2,24,26,27,28). The van der Waals surface area contributed by atoms with E-state index in [1.807, 2.05) is 37.3 Å². The summed E-state index contributed by atoms with van der Waals surface area (Å²) in [7, 11) is -1.63. The predicted molar refractivity (Wildman–Crippen MR) is 127 cm³/mol. The highest BCUT2D eigenvalue weighted by molar-refractivity contribution is 7.90. The number of halogens is 1. The second-order valence-electron chi connectivity index (χ2n) is 7.59. The van der Waals surface area contributed by atoms with Crippen molar-refractivity contribution in [3.8, 4) is 5.75 Å². The zero-order chi connectivity index (χ0) is 22.7. The number of aryl methyl sites for hydroxylation is 1. The largest absolute Gasteiger partial charge is 0.495 e. The van der Waals surface area contributed by atoms with Crippen LogP contribution < -0.4 is 20.1 Å². The maximum absolute atomic E-state index is 12.0. The molecule has 1 saturated carbocycles. The summed E-state index contributed by atoms with van der Waals surface area (Å²) >= 11 is 6.18. The van der Waals surface area contributed by atoms with Gasteiger partial charge in [-0.25, -0.2) is 18.1 Å². The Labute approximate surface area is 192 Å². The zero-order valence-corrected chi connectivity index (χ0v) is 19.3. The molecule has 1 heterocycles. The molecular formula is C22H24ClN5O3S. The summed E-state index contributed by atoms with van der Waals surface area (Å²) in [5, 5.41) is 6.68. The van der Waals surface area contributed by atoms with Crippen LogP contribution in [0.5, 0.6) is 5.75 Å². The molecule has 1 aliphatic carbocycles. The quantitative estimate of drug-likeness (QED) is 0.419. The van der Waals surface area contributed by atoms with Crippen LogP contribution in [0.3, 0.4) is 0 Å². The van der Waals surface area contributed by atoms with Gasteiger partial charge in [-0.3, -0.25) is 0 Å². The van der Waals surface area contributed by atoms with Crippen LogP contribution in [0.2, 0.25) is 5.02 Å². The minimum absolute atomic E-state index is 0.221. The third-order valence-corrected chi connectivity index (χ3v) is 7.23. The van der Waals surface area contributed by atoms with Crippen molar-refractivity contribution in [3.05, 3.63) is 64.8 Å². The van der Waals surface area contributed by atoms with Crippen LogP contribution in [-0.4, -0.2) is 30.7 Å². The van der Waals surface area contributed by atoms with Gasteiger partial charge in [-0.05, 0) is 55.7 Å². The fraction of sp³-hybridized carbons (Fsp3) is 0.273. The first-order valence-corrected chi connectivity index (χ1v) is 12.0. The summed E-state index contributed by atoms with van der Waals surface area (Å²) in [5.74, 6) is 1.67. The number of benzene rings is 2. The number of methoxy groups -OCH3 is 1. The number of nitrogens with one attached hydrogen (secondary N) is 3. The third-order valence-electron chi connectivity index (χ3n) is 5.04. The van der Waals surface area contributed by atoms with Crippen LogP contribution in [0.25, 0.3) is 0 Å². The van der Waals surface area contributed by atoms with Crippen molar-refractivity contribution >= 4 is 44.8 Å². The Morgan fingerprint density at radius 1 is 1.09 bits per heavy atom. The second-order valence-corrected chi connectivity index (χ2v) is 10.0. The van der Waals surface area contributed by atoms with Crippen LogP contribution in [0.15, 0.2) is 48.7 Å². The summed E-state index contributed by atoms with van der Waals surface area (Å²) < 4.78 is 31.8. The van der Waals surface area contributed by atoms with E-state index in [0.29, 0.717) is 22.5 Å². The lowest BCUT2D eigenvalue weighted by molar-refractivity contribution is 0.415. The molecule has 1 fully saturated rings. The van der Waals surface area contributed by atoms with E-state index in [4.69, 9.17) is 16.3 Å². The van der Waals surface area contributed by atoms with Gasteiger partial charge in [0, 0.05) is 29.7 Å². The molecule has 10 heteroatoms. The number of ether oxygens (including phenoxy) is 1. The highest BCUT2D eigenvalue weighted by Gasteiger charge is 2.35. The molecule has 0 saturated heterocycles. The van der Waals surface area contributed by atoms with E-state index in [0.717, 1.165) is 35.3 Å². The molecule has 0 amide bonds. The number of hydrogen-bond donors (Lipinski definition) is 3. The monoisotopic (exact) mass is 473 g/mol. The van der Waals surface area contributed by atoms with Crippen LogP contribution in [-0.2, 0) is 16.6 Å². The maximum Gasteiger partial charge on any atom is 0.229 e. The minimum atomic E-state index is -3.19. The number of sulfonamides is 1. The van der Waals surface area contributed by atoms with Gasteiger partial charge in [0.15, 0.2) is 0 Å². The average molecular weight is 474 g/mol. The van der Waals surface area contributed by atoms with Gasteiger partial charge in [-0.15, -0.1) is 0 Å². The first-order valence-electron chi connectivity index (χ1n) is 10.1. The van der Waals surface area contributed by atoms with Gasteiger partial charge in [0.2, 0.25) is 16.0 Å². The molecule has 32 heavy (non-hydrogen) atoms. The van der Waals surface area contributed by atoms with Crippen LogP contribution in [0.4, 0.5) is 23.1 Å². The number of hydrogen-bond acceptors (Lipinski definition) is 7. The van der Waals surface area contributed by atoms with Crippen LogP contribution in [0, 0.1) is 6.92 Å². The van der Waals surface area contributed by atoms with Crippen LogP contribution >= 0.6 is 11.6 Å². The van der Waals surface area contributed by atoms with Crippen LogP contribution in [0.1, 0.15) is 24.0 Å². The van der Waals surface area contributed by atoms with Gasteiger partial charge >= 0.3 is 0 Å². The fourth-order valence-electron chi connectivity index (χ4n) is 3.02. The predicted octanol–water partition coefficient (Wildman–Crippen LogP) is 4.52. The molecule has 3 N–H and O–H groups in total. The molecule has 0 bridgehead atoms. The summed E-state index contributed by atoms with van der Waals surface area (Å²) in [6.07, 6.45) is 3.22. The van der Waals surface area contributed by atoms with E-state index < -0.39 is 10.0 Å².